The van der Waals surface area contributed by atoms with E-state index in [1.165, 1.54) is 0 Å². The third-order valence-electron chi connectivity index (χ3n) is 3.32. The molecule has 0 radical (unpaired) electrons. The van der Waals surface area contributed by atoms with Gasteiger partial charge in [-0.15, -0.1) is 0 Å². The normalized spacial score (nSPS) is 13.0. The van der Waals surface area contributed by atoms with Gasteiger partial charge in [0.2, 0.25) is 5.78 Å². The topological polar surface area (TPSA) is 47.3 Å². The van der Waals surface area contributed by atoms with Gasteiger partial charge in [-0.1, -0.05) is 24.3 Å². The Kier molecular flexibility index (Phi) is 2.87. The Hall–Kier alpha value is -2.05. The molecule has 2 aromatic heterocycles. The summed E-state index contributed by atoms with van der Waals surface area (Å²) in [6, 6.07) is 15.7. The van der Waals surface area contributed by atoms with E-state index < -0.39 is 10.8 Å². The summed E-state index contributed by atoms with van der Waals surface area (Å²) >= 11 is 1.57. The molecule has 0 N–H and O–H groups in total. The highest BCUT2D eigenvalue weighted by molar-refractivity contribution is 7.84. The minimum atomic E-state index is -0.954. The van der Waals surface area contributed by atoms with Gasteiger partial charge in [0.25, 0.3) is 0 Å². The summed E-state index contributed by atoms with van der Waals surface area (Å²) in [7, 11) is -0.954. The first-order chi connectivity index (χ1) is 10.2. The van der Waals surface area contributed by atoms with Gasteiger partial charge in [-0.25, -0.2) is 8.77 Å². The third-order valence-corrected chi connectivity index (χ3v) is 5.29. The zero-order chi connectivity index (χ0) is 14.4. The van der Waals surface area contributed by atoms with Crippen LogP contribution in [-0.4, -0.2) is 24.2 Å². The molecule has 0 amide bonds. The monoisotopic (exact) mass is 313 g/mol. The summed E-state index contributed by atoms with van der Waals surface area (Å²) in [6.07, 6.45) is 1.68. The van der Waals surface area contributed by atoms with Crippen LogP contribution < -0.4 is 0 Å². The van der Waals surface area contributed by atoms with Crippen LogP contribution in [0.4, 0.5) is 0 Å². The van der Waals surface area contributed by atoms with Crippen molar-refractivity contribution in [3.63, 3.8) is 0 Å². The number of fused-ring (bicyclic) bond motifs is 3. The Bertz CT molecular complexity index is 970. The Morgan fingerprint density at radius 2 is 1.81 bits per heavy atom. The lowest BCUT2D eigenvalue weighted by molar-refractivity contribution is 0.687. The van der Waals surface area contributed by atoms with Crippen molar-refractivity contribution in [2.75, 3.05) is 6.26 Å². The van der Waals surface area contributed by atoms with Crippen molar-refractivity contribution in [1.82, 2.24) is 13.8 Å². The van der Waals surface area contributed by atoms with E-state index in [1.807, 2.05) is 52.3 Å². The Balaban J connectivity index is 1.85. The van der Waals surface area contributed by atoms with E-state index in [0.717, 1.165) is 32.3 Å². The number of para-hydroxylation sites is 2. The number of aromatic nitrogens is 3. The smallest absolute Gasteiger partial charge is 0.246 e. The molecular formula is C15H11N3OS2. The SMILES string of the molecule is CS(=O)c1ccc(-c2nc3nc4ccccc4n3s2)cc1. The van der Waals surface area contributed by atoms with Crippen LogP contribution in [0.3, 0.4) is 0 Å². The average Bonchev–Trinajstić information content (AvgIpc) is 3.05. The van der Waals surface area contributed by atoms with Crippen LogP contribution in [0, 0.1) is 0 Å². The van der Waals surface area contributed by atoms with E-state index in [9.17, 15) is 4.21 Å². The summed E-state index contributed by atoms with van der Waals surface area (Å²) in [5.74, 6) is 0.722. The minimum absolute atomic E-state index is 0.722. The van der Waals surface area contributed by atoms with E-state index in [-0.39, 0.29) is 0 Å². The van der Waals surface area contributed by atoms with Crippen molar-refractivity contribution in [2.45, 2.75) is 4.90 Å². The largest absolute Gasteiger partial charge is 0.255 e. The maximum Gasteiger partial charge on any atom is 0.246 e. The maximum atomic E-state index is 11.4. The summed E-state index contributed by atoms with van der Waals surface area (Å²) in [5.41, 5.74) is 3.05. The fraction of sp³-hybridized carbons (Fsp3) is 0.0667. The molecule has 1 atom stereocenters. The number of hydrogen-bond acceptors (Lipinski definition) is 4. The second-order valence-electron chi connectivity index (χ2n) is 4.68. The van der Waals surface area contributed by atoms with Gasteiger partial charge in [0, 0.05) is 27.5 Å². The van der Waals surface area contributed by atoms with Crippen molar-refractivity contribution in [3.8, 4) is 10.6 Å². The molecule has 6 heteroatoms. The lowest BCUT2D eigenvalue weighted by atomic mass is 10.2. The van der Waals surface area contributed by atoms with Crippen LogP contribution in [0.5, 0.6) is 0 Å². The molecule has 0 spiro atoms. The second kappa shape index (κ2) is 4.75. The maximum absolute atomic E-state index is 11.4. The van der Waals surface area contributed by atoms with Gasteiger partial charge in [-0.05, 0) is 35.8 Å². The molecular weight excluding hydrogens is 302 g/mol. The van der Waals surface area contributed by atoms with Crippen molar-refractivity contribution >= 4 is 39.1 Å². The van der Waals surface area contributed by atoms with Crippen LogP contribution in [-0.2, 0) is 10.8 Å². The predicted octanol–water partition coefficient (Wildman–Crippen LogP) is 3.35. The van der Waals surface area contributed by atoms with Crippen molar-refractivity contribution in [1.29, 1.82) is 0 Å². The van der Waals surface area contributed by atoms with E-state index in [0.29, 0.717) is 0 Å². The van der Waals surface area contributed by atoms with Crippen molar-refractivity contribution in [3.05, 3.63) is 48.5 Å². The summed E-state index contributed by atoms with van der Waals surface area (Å²) in [5, 5.41) is 0.914. The standard InChI is InChI=1S/C15H11N3OS2/c1-21(19)11-8-6-10(7-9-11)14-17-15-16-12-4-2-3-5-13(12)18(15)20-14/h2-9H,1H3. The first-order valence-electron chi connectivity index (χ1n) is 6.41. The van der Waals surface area contributed by atoms with Gasteiger partial charge < -0.3 is 0 Å². The number of hydrogen-bond donors (Lipinski definition) is 0. The number of rotatable bonds is 2. The van der Waals surface area contributed by atoms with E-state index in [4.69, 9.17) is 0 Å². The zero-order valence-electron chi connectivity index (χ0n) is 11.2. The number of nitrogens with zero attached hydrogens (tertiary/aromatic N) is 3. The fourth-order valence-electron chi connectivity index (χ4n) is 2.26. The Morgan fingerprint density at radius 1 is 1.05 bits per heavy atom. The highest BCUT2D eigenvalue weighted by Crippen LogP contribution is 2.27. The highest BCUT2D eigenvalue weighted by atomic mass is 32.2. The third kappa shape index (κ3) is 2.07. The molecule has 0 aliphatic carbocycles. The zero-order valence-corrected chi connectivity index (χ0v) is 12.8. The molecule has 0 bridgehead atoms. The molecule has 2 aromatic carbocycles. The predicted molar refractivity (Wildman–Crippen MR) is 86.1 cm³/mol. The van der Waals surface area contributed by atoms with Crippen LogP contribution in [0.25, 0.3) is 27.4 Å². The molecule has 4 rings (SSSR count). The Labute approximate surface area is 127 Å². The van der Waals surface area contributed by atoms with Crippen LogP contribution in [0.15, 0.2) is 53.4 Å². The van der Waals surface area contributed by atoms with Gasteiger partial charge in [0.1, 0.15) is 5.01 Å². The second-order valence-corrected chi connectivity index (χ2v) is 7.00. The van der Waals surface area contributed by atoms with Gasteiger partial charge in [-0.2, -0.15) is 4.98 Å². The fourth-order valence-corrected chi connectivity index (χ4v) is 3.73. The van der Waals surface area contributed by atoms with Crippen LogP contribution in [0.2, 0.25) is 0 Å². The van der Waals surface area contributed by atoms with E-state index >= 15 is 0 Å². The lowest BCUT2D eigenvalue weighted by Gasteiger charge is -1.98. The molecule has 1 unspecified atom stereocenters. The molecule has 0 saturated carbocycles. The highest BCUT2D eigenvalue weighted by Gasteiger charge is 2.11. The van der Waals surface area contributed by atoms with E-state index in [1.54, 1.807) is 17.8 Å². The summed E-state index contributed by atoms with van der Waals surface area (Å²) in [6.45, 7) is 0. The Morgan fingerprint density at radius 3 is 2.57 bits per heavy atom. The van der Waals surface area contributed by atoms with Crippen molar-refractivity contribution in [2.24, 2.45) is 0 Å². The van der Waals surface area contributed by atoms with Crippen LogP contribution in [0.1, 0.15) is 0 Å². The molecule has 0 aliphatic heterocycles. The molecule has 0 saturated heterocycles. The molecule has 0 fully saturated rings. The first kappa shape index (κ1) is 12.7. The summed E-state index contributed by atoms with van der Waals surface area (Å²) < 4.78 is 13.5. The molecule has 104 valence electrons. The van der Waals surface area contributed by atoms with Crippen molar-refractivity contribution < 1.29 is 4.21 Å². The lowest BCUT2D eigenvalue weighted by Crippen LogP contribution is -1.86. The summed E-state index contributed by atoms with van der Waals surface area (Å²) in [4.78, 5) is 9.93. The van der Waals surface area contributed by atoms with Gasteiger partial charge in [-0.3, -0.25) is 4.21 Å². The van der Waals surface area contributed by atoms with Crippen LogP contribution >= 0.6 is 11.5 Å². The molecule has 2 heterocycles. The molecule has 0 aliphatic rings. The quantitative estimate of drug-likeness (QED) is 0.570. The minimum Gasteiger partial charge on any atom is -0.255 e. The van der Waals surface area contributed by atoms with Gasteiger partial charge in [0.15, 0.2) is 0 Å². The number of imidazole rings is 1. The number of benzene rings is 2. The molecule has 4 aromatic rings. The van der Waals surface area contributed by atoms with E-state index in [2.05, 4.69) is 9.97 Å². The van der Waals surface area contributed by atoms with Gasteiger partial charge >= 0.3 is 0 Å². The molecule has 21 heavy (non-hydrogen) atoms. The van der Waals surface area contributed by atoms with Gasteiger partial charge in [0.05, 0.1) is 11.0 Å². The first-order valence-corrected chi connectivity index (χ1v) is 8.74. The molecule has 4 nitrogen and oxygen atoms in total. The average molecular weight is 313 g/mol.